The van der Waals surface area contributed by atoms with Crippen molar-refractivity contribution in [3.8, 4) is 11.5 Å². The third-order valence-electron chi connectivity index (χ3n) is 7.00. The van der Waals surface area contributed by atoms with Crippen molar-refractivity contribution in [2.24, 2.45) is 0 Å². The zero-order chi connectivity index (χ0) is 30.3. The number of ether oxygens (including phenoxy) is 2. The molecule has 1 fully saturated rings. The quantitative estimate of drug-likeness (QED) is 0.141. The minimum Gasteiger partial charge on any atom is -0.489 e. The van der Waals surface area contributed by atoms with Crippen LogP contribution in [0.2, 0.25) is 0 Å². The van der Waals surface area contributed by atoms with Gasteiger partial charge in [0.25, 0.3) is 5.91 Å². The van der Waals surface area contributed by atoms with Crippen molar-refractivity contribution in [3.05, 3.63) is 135 Å². The van der Waals surface area contributed by atoms with E-state index in [2.05, 4.69) is 0 Å². The van der Waals surface area contributed by atoms with Crippen LogP contribution in [-0.2, 0) is 29.2 Å². The van der Waals surface area contributed by atoms with Crippen molar-refractivity contribution in [2.45, 2.75) is 39.5 Å². The molecule has 5 rings (SSSR count). The Morgan fingerprint density at radius 3 is 2.07 bits per heavy atom. The first-order valence-electron chi connectivity index (χ1n) is 13.8. The number of carbonyl (C=O) groups is 2. The van der Waals surface area contributed by atoms with E-state index < -0.39 is 17.9 Å². The Balaban J connectivity index is 1.40. The second kappa shape index (κ2) is 13.7. The van der Waals surface area contributed by atoms with Gasteiger partial charge in [-0.25, -0.2) is 4.79 Å². The first kappa shape index (κ1) is 30.1. The highest BCUT2D eigenvalue weighted by Crippen LogP contribution is 2.37. The van der Waals surface area contributed by atoms with Crippen LogP contribution in [0.25, 0.3) is 6.08 Å². The molecule has 1 heterocycles. The number of thioether (sulfide) groups is 1. The fraction of sp³-hybridized carbons (Fsp3) is 0.171. The molecule has 8 heteroatoms. The van der Waals surface area contributed by atoms with Crippen LogP contribution < -0.4 is 9.47 Å². The average Bonchev–Trinajstić information content (AvgIpc) is 3.28. The summed E-state index contributed by atoms with van der Waals surface area (Å²) in [6.45, 7) is 4.79. The lowest BCUT2D eigenvalue weighted by molar-refractivity contribution is -0.145. The number of nitrogens with zero attached hydrogens (tertiary/aromatic N) is 1. The molecular weight excluding hydrogens is 579 g/mol. The SMILES string of the molecule is Cc1ccc(COc2ccc(/C=C3\SC(=S)N(C(Cc4ccccc4)C(=O)O)C3=O)c(OCc3ccc(C)cc3)c2)cc1. The number of carboxylic acids is 1. The van der Waals surface area contributed by atoms with Crippen molar-refractivity contribution in [3.63, 3.8) is 0 Å². The largest absolute Gasteiger partial charge is 0.489 e. The first-order chi connectivity index (χ1) is 20.8. The van der Waals surface area contributed by atoms with Gasteiger partial charge in [-0.3, -0.25) is 9.69 Å². The molecule has 1 amide bonds. The van der Waals surface area contributed by atoms with E-state index in [-0.39, 0.29) is 10.7 Å². The van der Waals surface area contributed by atoms with Crippen molar-refractivity contribution in [1.82, 2.24) is 4.90 Å². The Bertz CT molecular complexity index is 1650. The van der Waals surface area contributed by atoms with Gasteiger partial charge in [-0.2, -0.15) is 0 Å². The molecule has 1 unspecified atom stereocenters. The monoisotopic (exact) mass is 609 g/mol. The molecule has 4 aromatic rings. The number of thiocarbonyl (C=S) groups is 1. The van der Waals surface area contributed by atoms with Gasteiger partial charge in [0.05, 0.1) is 4.91 Å². The Kier molecular flexibility index (Phi) is 9.59. The van der Waals surface area contributed by atoms with Crippen LogP contribution in [-0.4, -0.2) is 32.2 Å². The number of carboxylic acid groups (broad SMARTS) is 1. The van der Waals surface area contributed by atoms with E-state index >= 15 is 0 Å². The predicted molar refractivity (Wildman–Crippen MR) is 174 cm³/mol. The summed E-state index contributed by atoms with van der Waals surface area (Å²) in [5, 5.41) is 10.0. The van der Waals surface area contributed by atoms with Crippen LogP contribution in [0.4, 0.5) is 0 Å². The number of aliphatic carboxylic acids is 1. The van der Waals surface area contributed by atoms with Gasteiger partial charge >= 0.3 is 5.97 Å². The van der Waals surface area contributed by atoms with Gasteiger partial charge in [0.1, 0.15) is 35.1 Å². The van der Waals surface area contributed by atoms with Gasteiger partial charge in [-0.05, 0) is 48.7 Å². The maximum Gasteiger partial charge on any atom is 0.327 e. The Hall–Kier alpha value is -4.40. The Morgan fingerprint density at radius 1 is 0.860 bits per heavy atom. The predicted octanol–water partition coefficient (Wildman–Crippen LogP) is 7.36. The summed E-state index contributed by atoms with van der Waals surface area (Å²) in [5.74, 6) is -0.398. The highest BCUT2D eigenvalue weighted by Gasteiger charge is 2.40. The molecule has 4 aromatic carbocycles. The summed E-state index contributed by atoms with van der Waals surface area (Å²) < 4.78 is 12.5. The zero-order valence-electron chi connectivity index (χ0n) is 23.9. The van der Waals surface area contributed by atoms with Gasteiger partial charge in [-0.1, -0.05) is 114 Å². The lowest BCUT2D eigenvalue weighted by atomic mass is 10.0. The number of carbonyl (C=O) groups excluding carboxylic acids is 1. The molecule has 1 aliphatic heterocycles. The van der Waals surface area contributed by atoms with Gasteiger partial charge < -0.3 is 14.6 Å². The highest BCUT2D eigenvalue weighted by molar-refractivity contribution is 8.26. The molecule has 1 N–H and O–H groups in total. The minimum atomic E-state index is -1.12. The van der Waals surface area contributed by atoms with Crippen molar-refractivity contribution in [1.29, 1.82) is 0 Å². The van der Waals surface area contributed by atoms with E-state index in [9.17, 15) is 14.7 Å². The molecule has 218 valence electrons. The van der Waals surface area contributed by atoms with E-state index in [1.165, 1.54) is 10.5 Å². The molecule has 0 aliphatic carbocycles. The topological polar surface area (TPSA) is 76.1 Å². The Labute approximate surface area is 261 Å². The van der Waals surface area contributed by atoms with Crippen molar-refractivity contribution < 1.29 is 24.2 Å². The molecule has 0 spiro atoms. The zero-order valence-corrected chi connectivity index (χ0v) is 25.5. The maximum absolute atomic E-state index is 13.5. The molecule has 1 atom stereocenters. The molecule has 43 heavy (non-hydrogen) atoms. The van der Waals surface area contributed by atoms with E-state index in [0.29, 0.717) is 35.2 Å². The number of amides is 1. The van der Waals surface area contributed by atoms with Crippen molar-refractivity contribution in [2.75, 3.05) is 0 Å². The Morgan fingerprint density at radius 2 is 1.47 bits per heavy atom. The molecule has 0 bridgehead atoms. The van der Waals surface area contributed by atoms with E-state index in [0.717, 1.165) is 34.0 Å². The van der Waals surface area contributed by atoms with E-state index in [1.54, 1.807) is 6.08 Å². The van der Waals surface area contributed by atoms with Crippen LogP contribution in [0.5, 0.6) is 11.5 Å². The van der Waals surface area contributed by atoms with E-state index in [1.807, 2.05) is 111 Å². The smallest absolute Gasteiger partial charge is 0.327 e. The van der Waals surface area contributed by atoms with Gasteiger partial charge in [0.15, 0.2) is 0 Å². The molecule has 0 saturated carbocycles. The molecule has 6 nitrogen and oxygen atoms in total. The fourth-order valence-electron chi connectivity index (χ4n) is 4.56. The van der Waals surface area contributed by atoms with E-state index in [4.69, 9.17) is 21.7 Å². The van der Waals surface area contributed by atoms with Gasteiger partial charge in [0.2, 0.25) is 0 Å². The number of hydrogen-bond acceptors (Lipinski definition) is 6. The first-order valence-corrected chi connectivity index (χ1v) is 15.0. The number of hydrogen-bond donors (Lipinski definition) is 1. The lowest BCUT2D eigenvalue weighted by Crippen LogP contribution is -2.45. The summed E-state index contributed by atoms with van der Waals surface area (Å²) >= 11 is 6.59. The van der Waals surface area contributed by atoms with Gasteiger partial charge in [0, 0.05) is 18.1 Å². The van der Waals surface area contributed by atoms with Crippen LogP contribution in [0.15, 0.2) is 102 Å². The summed E-state index contributed by atoms with van der Waals surface area (Å²) in [5.41, 5.74) is 5.85. The normalized spacial score (nSPS) is 14.7. The summed E-state index contributed by atoms with van der Waals surface area (Å²) in [6.07, 6.45) is 1.85. The number of aryl methyl sites for hydroxylation is 2. The summed E-state index contributed by atoms with van der Waals surface area (Å²) in [6, 6.07) is 29.8. The summed E-state index contributed by atoms with van der Waals surface area (Å²) in [7, 11) is 0. The lowest BCUT2D eigenvalue weighted by Gasteiger charge is -2.23. The second-order valence-corrected chi connectivity index (χ2v) is 12.0. The second-order valence-electron chi connectivity index (χ2n) is 10.3. The minimum absolute atomic E-state index is 0.147. The third-order valence-corrected chi connectivity index (χ3v) is 8.34. The van der Waals surface area contributed by atoms with Gasteiger partial charge in [-0.15, -0.1) is 0 Å². The van der Waals surface area contributed by atoms with Crippen LogP contribution in [0, 0.1) is 13.8 Å². The average molecular weight is 610 g/mol. The maximum atomic E-state index is 13.5. The fourth-order valence-corrected chi connectivity index (χ4v) is 5.91. The molecule has 0 aromatic heterocycles. The molecular formula is C35H31NO5S2. The molecule has 0 radical (unpaired) electrons. The highest BCUT2D eigenvalue weighted by atomic mass is 32.2. The number of benzene rings is 4. The molecule has 1 aliphatic rings. The van der Waals surface area contributed by atoms with Crippen LogP contribution in [0.1, 0.15) is 33.4 Å². The third kappa shape index (κ3) is 7.71. The van der Waals surface area contributed by atoms with Crippen LogP contribution >= 0.6 is 24.0 Å². The summed E-state index contributed by atoms with van der Waals surface area (Å²) in [4.78, 5) is 27.3. The molecule has 1 saturated heterocycles. The number of rotatable bonds is 11. The van der Waals surface area contributed by atoms with Crippen molar-refractivity contribution >= 4 is 46.3 Å². The standard InChI is InChI=1S/C35H31NO5S2/c1-23-8-12-26(13-9-23)21-40-29-17-16-28(31(20-29)41-22-27-14-10-24(2)11-15-27)19-32-33(37)36(35(42)43-32)30(34(38)39)18-25-6-4-3-5-7-25/h3-17,19-20,30H,18,21-22H2,1-2H3,(H,38,39)/b32-19-. The van der Waals surface area contributed by atoms with Crippen LogP contribution in [0.3, 0.4) is 0 Å².